The van der Waals surface area contributed by atoms with Crippen LogP contribution in [0.1, 0.15) is 40.0 Å². The maximum atomic E-state index is 13.2. The van der Waals surface area contributed by atoms with Gasteiger partial charge in [0.2, 0.25) is 11.8 Å². The van der Waals surface area contributed by atoms with Crippen LogP contribution in [0.15, 0.2) is 0 Å². The van der Waals surface area contributed by atoms with Crippen LogP contribution in [0.2, 0.25) is 0 Å². The molecule has 1 atom stereocenters. The lowest BCUT2D eigenvalue weighted by Gasteiger charge is -2.37. The van der Waals surface area contributed by atoms with Crippen LogP contribution < -0.4 is 5.32 Å². The standard InChI is InChI=1S/C13H19F3N2O2/c1-11(2,3)9-10(20)18(7-4-8(19)17-9)12(5-6-12)13(14,15)16/h9H,4-7H2,1-3H3,(H,17,19). The Kier molecular flexibility index (Phi) is 3.30. The topological polar surface area (TPSA) is 49.4 Å². The first-order chi connectivity index (χ1) is 8.99. The normalized spacial score (nSPS) is 27.1. The minimum Gasteiger partial charge on any atom is -0.344 e. The van der Waals surface area contributed by atoms with Gasteiger partial charge in [0.25, 0.3) is 0 Å². The van der Waals surface area contributed by atoms with Crippen molar-refractivity contribution in [3.63, 3.8) is 0 Å². The first-order valence-electron chi connectivity index (χ1n) is 6.67. The monoisotopic (exact) mass is 292 g/mol. The molecule has 114 valence electrons. The Bertz CT molecular complexity index is 436. The molecule has 1 heterocycles. The predicted molar refractivity (Wildman–Crippen MR) is 65.7 cm³/mol. The molecule has 1 saturated heterocycles. The lowest BCUT2D eigenvalue weighted by atomic mass is 9.85. The molecule has 1 saturated carbocycles. The molecule has 2 fully saturated rings. The van der Waals surface area contributed by atoms with Crippen molar-refractivity contribution in [3.8, 4) is 0 Å². The van der Waals surface area contributed by atoms with E-state index in [1.807, 2.05) is 0 Å². The Morgan fingerprint density at radius 2 is 1.75 bits per heavy atom. The Hall–Kier alpha value is -1.27. The van der Waals surface area contributed by atoms with Gasteiger partial charge in [0.05, 0.1) is 0 Å². The summed E-state index contributed by atoms with van der Waals surface area (Å²) in [5.74, 6) is -1.00. The Labute approximate surface area is 115 Å². The number of amides is 2. The van der Waals surface area contributed by atoms with Gasteiger partial charge < -0.3 is 10.2 Å². The van der Waals surface area contributed by atoms with Gasteiger partial charge >= 0.3 is 6.18 Å². The Morgan fingerprint density at radius 1 is 1.20 bits per heavy atom. The molecular weight excluding hydrogens is 273 g/mol. The maximum absolute atomic E-state index is 13.2. The summed E-state index contributed by atoms with van der Waals surface area (Å²) in [5.41, 5.74) is -2.68. The zero-order chi connectivity index (χ0) is 15.3. The number of halogens is 3. The second-order valence-electron chi connectivity index (χ2n) is 6.64. The van der Waals surface area contributed by atoms with Gasteiger partial charge in [0, 0.05) is 13.0 Å². The minimum absolute atomic E-state index is 0.0761. The third kappa shape index (κ3) is 2.38. The fraction of sp³-hybridized carbons (Fsp3) is 0.846. The number of nitrogens with zero attached hydrogens (tertiary/aromatic N) is 1. The molecule has 0 aromatic carbocycles. The van der Waals surface area contributed by atoms with Crippen molar-refractivity contribution in [2.24, 2.45) is 5.41 Å². The third-order valence-electron chi connectivity index (χ3n) is 4.01. The summed E-state index contributed by atoms with van der Waals surface area (Å²) in [4.78, 5) is 25.0. The van der Waals surface area contributed by atoms with Crippen LogP contribution in [0.4, 0.5) is 13.2 Å². The van der Waals surface area contributed by atoms with E-state index in [9.17, 15) is 22.8 Å². The van der Waals surface area contributed by atoms with E-state index >= 15 is 0 Å². The average Bonchev–Trinajstić information content (AvgIpc) is 3.03. The lowest BCUT2D eigenvalue weighted by molar-refractivity contribution is -0.201. The van der Waals surface area contributed by atoms with Crippen molar-refractivity contribution in [3.05, 3.63) is 0 Å². The van der Waals surface area contributed by atoms with Gasteiger partial charge in [0.1, 0.15) is 11.6 Å². The smallest absolute Gasteiger partial charge is 0.344 e. The van der Waals surface area contributed by atoms with Crippen molar-refractivity contribution in [2.45, 2.75) is 57.8 Å². The zero-order valence-electron chi connectivity index (χ0n) is 11.8. The summed E-state index contributed by atoms with van der Waals surface area (Å²) in [5, 5.41) is 2.55. The first-order valence-corrected chi connectivity index (χ1v) is 6.67. The zero-order valence-corrected chi connectivity index (χ0v) is 11.8. The number of carbonyl (C=O) groups excluding carboxylic acids is 2. The van der Waals surface area contributed by atoms with Gasteiger partial charge in [-0.3, -0.25) is 9.59 Å². The number of carbonyl (C=O) groups is 2. The fourth-order valence-corrected chi connectivity index (χ4v) is 2.61. The Balaban J connectivity index is 2.35. The van der Waals surface area contributed by atoms with Gasteiger partial charge in [-0.25, -0.2) is 0 Å². The molecule has 0 bridgehead atoms. The fourth-order valence-electron chi connectivity index (χ4n) is 2.61. The highest BCUT2D eigenvalue weighted by Gasteiger charge is 2.68. The van der Waals surface area contributed by atoms with Crippen molar-refractivity contribution in [1.82, 2.24) is 10.2 Å². The van der Waals surface area contributed by atoms with E-state index in [1.165, 1.54) is 0 Å². The molecule has 0 radical (unpaired) electrons. The first kappa shape index (κ1) is 15.1. The highest BCUT2D eigenvalue weighted by atomic mass is 19.4. The van der Waals surface area contributed by atoms with Crippen molar-refractivity contribution >= 4 is 11.8 Å². The van der Waals surface area contributed by atoms with E-state index in [2.05, 4.69) is 5.32 Å². The molecule has 2 amide bonds. The molecule has 1 N–H and O–H groups in total. The lowest BCUT2D eigenvalue weighted by Crippen LogP contribution is -2.58. The van der Waals surface area contributed by atoms with Crippen molar-refractivity contribution in [2.75, 3.05) is 6.54 Å². The largest absolute Gasteiger partial charge is 0.411 e. The minimum atomic E-state index is -4.45. The highest BCUT2D eigenvalue weighted by Crippen LogP contribution is 2.54. The van der Waals surface area contributed by atoms with E-state index in [-0.39, 0.29) is 31.7 Å². The third-order valence-corrected chi connectivity index (χ3v) is 4.01. The highest BCUT2D eigenvalue weighted by molar-refractivity contribution is 5.91. The summed E-state index contributed by atoms with van der Waals surface area (Å²) in [7, 11) is 0. The average molecular weight is 292 g/mol. The van der Waals surface area contributed by atoms with E-state index in [0.29, 0.717) is 0 Å². The molecule has 2 aliphatic rings. The molecule has 1 aliphatic heterocycles. The van der Waals surface area contributed by atoms with Crippen LogP contribution in [0.5, 0.6) is 0 Å². The number of hydrogen-bond donors (Lipinski definition) is 1. The van der Waals surface area contributed by atoms with Crippen LogP contribution in [0.3, 0.4) is 0 Å². The molecule has 0 aromatic heterocycles. The number of rotatable bonds is 1. The quantitative estimate of drug-likeness (QED) is 0.802. The van der Waals surface area contributed by atoms with E-state index < -0.39 is 29.1 Å². The van der Waals surface area contributed by atoms with Gasteiger partial charge in [0.15, 0.2) is 0 Å². The van der Waals surface area contributed by atoms with Crippen LogP contribution in [0, 0.1) is 5.41 Å². The van der Waals surface area contributed by atoms with Gasteiger partial charge in [-0.1, -0.05) is 20.8 Å². The summed E-state index contributed by atoms with van der Waals surface area (Å²) < 4.78 is 39.6. The summed E-state index contributed by atoms with van der Waals surface area (Å²) in [6.07, 6.45) is -4.69. The van der Waals surface area contributed by atoms with Crippen LogP contribution in [-0.4, -0.2) is 41.0 Å². The summed E-state index contributed by atoms with van der Waals surface area (Å²) in [6, 6.07) is -0.919. The van der Waals surface area contributed by atoms with Gasteiger partial charge in [-0.05, 0) is 18.3 Å². The molecule has 2 rings (SSSR count). The van der Waals surface area contributed by atoms with Crippen LogP contribution in [-0.2, 0) is 9.59 Å². The van der Waals surface area contributed by atoms with Gasteiger partial charge in [-0.15, -0.1) is 0 Å². The molecule has 7 heteroatoms. The van der Waals surface area contributed by atoms with E-state index in [4.69, 9.17) is 0 Å². The van der Waals surface area contributed by atoms with E-state index in [0.717, 1.165) is 4.90 Å². The van der Waals surface area contributed by atoms with Crippen molar-refractivity contribution in [1.29, 1.82) is 0 Å². The molecular formula is C13H19F3N2O2. The molecule has 0 spiro atoms. The van der Waals surface area contributed by atoms with Crippen LogP contribution >= 0.6 is 0 Å². The number of alkyl halides is 3. The molecule has 1 aliphatic carbocycles. The van der Waals surface area contributed by atoms with Crippen molar-refractivity contribution < 1.29 is 22.8 Å². The molecule has 4 nitrogen and oxygen atoms in total. The van der Waals surface area contributed by atoms with E-state index in [1.54, 1.807) is 20.8 Å². The molecule has 20 heavy (non-hydrogen) atoms. The summed E-state index contributed by atoms with van der Waals surface area (Å²) in [6.45, 7) is 5.02. The Morgan fingerprint density at radius 3 is 2.15 bits per heavy atom. The number of hydrogen-bond acceptors (Lipinski definition) is 2. The summed E-state index contributed by atoms with van der Waals surface area (Å²) >= 11 is 0. The van der Waals surface area contributed by atoms with Crippen LogP contribution in [0.25, 0.3) is 0 Å². The SMILES string of the molecule is CC(C)(C)C1NC(=O)CCN(C2(C(F)(F)F)CC2)C1=O. The van der Waals surface area contributed by atoms with Gasteiger partial charge in [-0.2, -0.15) is 13.2 Å². The second-order valence-corrected chi connectivity index (χ2v) is 6.64. The molecule has 1 unspecified atom stereocenters. The second kappa shape index (κ2) is 4.36. The maximum Gasteiger partial charge on any atom is 0.411 e. The molecule has 0 aromatic rings. The predicted octanol–water partition coefficient (Wildman–Crippen LogP) is 1.84. The number of nitrogens with one attached hydrogen (secondary N) is 1.